The predicted molar refractivity (Wildman–Crippen MR) is 88.7 cm³/mol. The average Bonchev–Trinajstić information content (AvgIpc) is 2.94. The molecule has 7 nitrogen and oxygen atoms in total. The van der Waals surface area contributed by atoms with E-state index in [1.807, 2.05) is 6.07 Å². The van der Waals surface area contributed by atoms with Crippen molar-refractivity contribution in [3.8, 4) is 5.75 Å². The molecule has 0 saturated carbocycles. The van der Waals surface area contributed by atoms with Crippen molar-refractivity contribution >= 4 is 28.6 Å². The summed E-state index contributed by atoms with van der Waals surface area (Å²) in [6, 6.07) is 9.64. The van der Waals surface area contributed by atoms with Gasteiger partial charge in [-0.25, -0.2) is 9.78 Å². The lowest BCUT2D eigenvalue weighted by Crippen LogP contribution is -2.15. The molecule has 1 heterocycles. The number of carboxylic acids is 1. The smallest absolute Gasteiger partial charge is 0.337 e. The molecule has 1 aromatic heterocycles. The molecule has 0 saturated heterocycles. The van der Waals surface area contributed by atoms with Gasteiger partial charge in [-0.1, -0.05) is 6.07 Å². The molecule has 3 N–H and O–H groups in total. The standard InChI is InChI=1S/C17H15N3O4/c1-9-18-14-5-3-4-11(15(14)19-9)16(21)20-13-7-6-10(24-2)8-12(13)17(22)23/h3-8H,1-2H3,(H,18,19)(H,20,21)(H,22,23). The Hall–Kier alpha value is -3.35. The Labute approximate surface area is 137 Å². The van der Waals surface area contributed by atoms with Crippen LogP contribution in [0.15, 0.2) is 36.4 Å². The van der Waals surface area contributed by atoms with Crippen LogP contribution in [-0.2, 0) is 0 Å². The third-order valence-corrected chi connectivity index (χ3v) is 3.58. The van der Waals surface area contributed by atoms with Crippen molar-refractivity contribution in [1.29, 1.82) is 0 Å². The van der Waals surface area contributed by atoms with Gasteiger partial charge in [0.2, 0.25) is 0 Å². The van der Waals surface area contributed by atoms with Crippen LogP contribution in [0.1, 0.15) is 26.5 Å². The Bertz CT molecular complexity index is 946. The molecule has 122 valence electrons. The van der Waals surface area contributed by atoms with E-state index in [9.17, 15) is 14.7 Å². The number of rotatable bonds is 4. The number of methoxy groups -OCH3 is 1. The first-order chi connectivity index (χ1) is 11.5. The number of H-pyrrole nitrogens is 1. The van der Waals surface area contributed by atoms with Gasteiger partial charge in [-0.15, -0.1) is 0 Å². The maximum Gasteiger partial charge on any atom is 0.337 e. The number of hydrogen-bond acceptors (Lipinski definition) is 4. The van der Waals surface area contributed by atoms with Gasteiger partial charge < -0.3 is 20.1 Å². The van der Waals surface area contributed by atoms with E-state index in [4.69, 9.17) is 4.74 Å². The summed E-state index contributed by atoms with van der Waals surface area (Å²) < 4.78 is 5.02. The number of carboxylic acid groups (broad SMARTS) is 1. The van der Waals surface area contributed by atoms with E-state index in [0.717, 1.165) is 5.52 Å². The monoisotopic (exact) mass is 325 g/mol. The van der Waals surface area contributed by atoms with Gasteiger partial charge in [0.15, 0.2) is 0 Å². The predicted octanol–water partition coefficient (Wildman–Crippen LogP) is 2.83. The Morgan fingerprint density at radius 1 is 1.21 bits per heavy atom. The topological polar surface area (TPSA) is 104 Å². The summed E-state index contributed by atoms with van der Waals surface area (Å²) in [5.74, 6) is -0.492. The van der Waals surface area contributed by atoms with E-state index in [1.165, 1.54) is 19.2 Å². The summed E-state index contributed by atoms with van der Waals surface area (Å²) in [5, 5.41) is 12.0. The molecule has 24 heavy (non-hydrogen) atoms. The number of aromatic nitrogens is 2. The second kappa shape index (κ2) is 6.04. The van der Waals surface area contributed by atoms with E-state index in [2.05, 4.69) is 15.3 Å². The van der Waals surface area contributed by atoms with Gasteiger partial charge in [-0.05, 0) is 37.3 Å². The highest BCUT2D eigenvalue weighted by molar-refractivity contribution is 6.13. The molecule has 2 aromatic carbocycles. The Kier molecular flexibility index (Phi) is 3.91. The number of para-hydroxylation sites is 1. The third kappa shape index (κ3) is 2.79. The van der Waals surface area contributed by atoms with Crippen LogP contribution in [0.4, 0.5) is 5.69 Å². The number of ether oxygens (including phenoxy) is 1. The minimum absolute atomic E-state index is 0.0481. The summed E-state index contributed by atoms with van der Waals surface area (Å²) in [6.45, 7) is 1.80. The first-order valence-electron chi connectivity index (χ1n) is 7.17. The number of aryl methyl sites for hydroxylation is 1. The largest absolute Gasteiger partial charge is 0.497 e. The normalized spacial score (nSPS) is 10.6. The van der Waals surface area contributed by atoms with Crippen LogP contribution < -0.4 is 10.1 Å². The van der Waals surface area contributed by atoms with Gasteiger partial charge in [-0.3, -0.25) is 4.79 Å². The fraction of sp³-hybridized carbons (Fsp3) is 0.118. The molecule has 0 atom stereocenters. The van der Waals surface area contributed by atoms with E-state index in [-0.39, 0.29) is 11.3 Å². The van der Waals surface area contributed by atoms with Crippen molar-refractivity contribution in [2.75, 3.05) is 12.4 Å². The first kappa shape index (κ1) is 15.5. The zero-order valence-electron chi connectivity index (χ0n) is 13.1. The molecule has 0 bridgehead atoms. The SMILES string of the molecule is COc1ccc(NC(=O)c2cccc3[nH]c(C)nc23)c(C(=O)O)c1. The molecule has 0 aliphatic rings. The van der Waals surface area contributed by atoms with Gasteiger partial charge in [-0.2, -0.15) is 0 Å². The van der Waals surface area contributed by atoms with E-state index in [0.29, 0.717) is 22.7 Å². The van der Waals surface area contributed by atoms with Crippen molar-refractivity contribution < 1.29 is 19.4 Å². The maximum atomic E-state index is 12.6. The number of aromatic carboxylic acids is 1. The molecule has 0 unspecified atom stereocenters. The van der Waals surface area contributed by atoms with Crippen LogP contribution >= 0.6 is 0 Å². The summed E-state index contributed by atoms with van der Waals surface area (Å²) in [7, 11) is 1.44. The van der Waals surface area contributed by atoms with Gasteiger partial charge in [0, 0.05) is 0 Å². The lowest BCUT2D eigenvalue weighted by atomic mass is 10.1. The Balaban J connectivity index is 1.99. The van der Waals surface area contributed by atoms with Gasteiger partial charge in [0.25, 0.3) is 5.91 Å². The number of aromatic amines is 1. The summed E-state index contributed by atoms with van der Waals surface area (Å²) in [4.78, 5) is 31.3. The van der Waals surface area contributed by atoms with Crippen LogP contribution in [-0.4, -0.2) is 34.1 Å². The number of hydrogen-bond donors (Lipinski definition) is 3. The first-order valence-corrected chi connectivity index (χ1v) is 7.17. The number of nitrogens with zero attached hydrogens (tertiary/aromatic N) is 1. The number of imidazole rings is 1. The van der Waals surface area contributed by atoms with E-state index < -0.39 is 11.9 Å². The summed E-state index contributed by atoms with van der Waals surface area (Å²) in [6.07, 6.45) is 0. The zero-order chi connectivity index (χ0) is 17.3. The molecule has 3 aromatic rings. The van der Waals surface area contributed by atoms with Crippen molar-refractivity contribution in [1.82, 2.24) is 9.97 Å². The van der Waals surface area contributed by atoms with Gasteiger partial charge >= 0.3 is 5.97 Å². The van der Waals surface area contributed by atoms with Crippen LogP contribution in [0.2, 0.25) is 0 Å². The number of carbonyl (C=O) groups is 2. The molecule has 7 heteroatoms. The van der Waals surface area contributed by atoms with Crippen LogP contribution in [0.3, 0.4) is 0 Å². The van der Waals surface area contributed by atoms with E-state index >= 15 is 0 Å². The molecule has 0 aliphatic heterocycles. The summed E-state index contributed by atoms with van der Waals surface area (Å²) >= 11 is 0. The second-order valence-corrected chi connectivity index (χ2v) is 5.19. The molecular weight excluding hydrogens is 310 g/mol. The molecule has 0 radical (unpaired) electrons. The number of carbonyl (C=O) groups excluding carboxylic acids is 1. The number of benzene rings is 2. The van der Waals surface area contributed by atoms with Crippen molar-refractivity contribution in [2.45, 2.75) is 6.92 Å². The third-order valence-electron chi connectivity index (χ3n) is 3.58. The van der Waals surface area contributed by atoms with Crippen molar-refractivity contribution in [3.63, 3.8) is 0 Å². The zero-order valence-corrected chi connectivity index (χ0v) is 13.1. The summed E-state index contributed by atoms with van der Waals surface area (Å²) in [5.41, 5.74) is 1.79. The minimum atomic E-state index is -1.15. The minimum Gasteiger partial charge on any atom is -0.497 e. The number of amides is 1. The highest BCUT2D eigenvalue weighted by Crippen LogP contribution is 2.24. The molecule has 0 spiro atoms. The van der Waals surface area contributed by atoms with Gasteiger partial charge in [0.1, 0.15) is 17.1 Å². The molecule has 0 fully saturated rings. The van der Waals surface area contributed by atoms with Crippen LogP contribution in [0.5, 0.6) is 5.75 Å². The molecular formula is C17H15N3O4. The quantitative estimate of drug-likeness (QED) is 0.684. The number of fused-ring (bicyclic) bond motifs is 1. The van der Waals surface area contributed by atoms with Crippen molar-refractivity contribution in [2.24, 2.45) is 0 Å². The second-order valence-electron chi connectivity index (χ2n) is 5.19. The Morgan fingerprint density at radius 2 is 2.00 bits per heavy atom. The highest BCUT2D eigenvalue weighted by atomic mass is 16.5. The van der Waals surface area contributed by atoms with Crippen molar-refractivity contribution in [3.05, 3.63) is 53.3 Å². The fourth-order valence-electron chi connectivity index (χ4n) is 2.46. The van der Waals surface area contributed by atoms with Crippen LogP contribution in [0.25, 0.3) is 11.0 Å². The highest BCUT2D eigenvalue weighted by Gasteiger charge is 2.17. The van der Waals surface area contributed by atoms with E-state index in [1.54, 1.807) is 25.1 Å². The number of nitrogens with one attached hydrogen (secondary N) is 2. The molecule has 1 amide bonds. The van der Waals surface area contributed by atoms with Gasteiger partial charge in [0.05, 0.1) is 29.4 Å². The Morgan fingerprint density at radius 3 is 2.71 bits per heavy atom. The fourth-order valence-corrected chi connectivity index (χ4v) is 2.46. The molecule has 0 aliphatic carbocycles. The average molecular weight is 325 g/mol. The lowest BCUT2D eigenvalue weighted by Gasteiger charge is -2.10. The lowest BCUT2D eigenvalue weighted by molar-refractivity contribution is 0.0697. The molecule has 3 rings (SSSR count). The maximum absolute atomic E-state index is 12.6. The van der Waals surface area contributed by atoms with Crippen LogP contribution in [0, 0.1) is 6.92 Å². The number of anilines is 1.